The van der Waals surface area contributed by atoms with Gasteiger partial charge < -0.3 is 0 Å². The van der Waals surface area contributed by atoms with Gasteiger partial charge in [-0.05, 0) is 30.3 Å². The first kappa shape index (κ1) is 15.0. The van der Waals surface area contributed by atoms with E-state index in [4.69, 9.17) is 0 Å². The molecule has 2 heterocycles. The van der Waals surface area contributed by atoms with Crippen molar-refractivity contribution in [2.45, 2.75) is 0 Å². The van der Waals surface area contributed by atoms with E-state index in [-0.39, 0.29) is 16.8 Å². The largest absolute Gasteiger partial charge is 0.287 e. The molecular weight excluding hydrogens is 319 g/mol. The van der Waals surface area contributed by atoms with Gasteiger partial charge in [0.05, 0.1) is 17.6 Å². The Kier molecular flexibility index (Phi) is 3.70. The van der Waals surface area contributed by atoms with Gasteiger partial charge in [0.1, 0.15) is 11.5 Å². The number of nitrogens with zero attached hydrogens (tertiary/aromatic N) is 4. The molecule has 25 heavy (non-hydrogen) atoms. The first-order valence-electron chi connectivity index (χ1n) is 7.69. The van der Waals surface area contributed by atoms with Gasteiger partial charge in [0.2, 0.25) is 5.43 Å². The minimum atomic E-state index is -0.424. The van der Waals surface area contributed by atoms with Crippen LogP contribution in [0, 0.1) is 5.82 Å². The van der Waals surface area contributed by atoms with Gasteiger partial charge >= 0.3 is 0 Å². The molecule has 0 aliphatic heterocycles. The lowest BCUT2D eigenvalue weighted by molar-refractivity contribution is 0.611. The van der Waals surface area contributed by atoms with Crippen LogP contribution in [0.15, 0.2) is 83.9 Å². The number of hydrogen-bond acceptors (Lipinski definition) is 3. The van der Waals surface area contributed by atoms with Crippen LogP contribution in [0.2, 0.25) is 0 Å². The molecule has 0 N–H and O–H groups in total. The number of hydrogen-bond donors (Lipinski definition) is 0. The van der Waals surface area contributed by atoms with E-state index in [0.717, 1.165) is 5.69 Å². The molecule has 0 aliphatic carbocycles. The highest BCUT2D eigenvalue weighted by atomic mass is 19.1. The van der Waals surface area contributed by atoms with E-state index >= 15 is 0 Å². The van der Waals surface area contributed by atoms with Crippen LogP contribution in [0.25, 0.3) is 22.8 Å². The Balaban J connectivity index is 1.89. The Labute approximate surface area is 142 Å². The second-order valence-corrected chi connectivity index (χ2v) is 5.39. The third-order valence-electron chi connectivity index (χ3n) is 3.79. The lowest BCUT2D eigenvalue weighted by Gasteiger charge is -2.10. The Hall–Kier alpha value is -3.54. The summed E-state index contributed by atoms with van der Waals surface area (Å²) in [5.74, 6) is -0.424. The van der Waals surface area contributed by atoms with Crippen molar-refractivity contribution in [2.75, 3.05) is 0 Å². The average Bonchev–Trinajstić information content (AvgIpc) is 3.12. The molecule has 0 amide bonds. The summed E-state index contributed by atoms with van der Waals surface area (Å²) in [4.78, 5) is 12.4. The molecule has 4 aromatic rings. The molecule has 0 aliphatic rings. The number of rotatable bonds is 3. The Morgan fingerprint density at radius 3 is 2.44 bits per heavy atom. The van der Waals surface area contributed by atoms with Gasteiger partial charge in [-0.3, -0.25) is 4.79 Å². The standard InChI is InChI=1S/C19H13FN4O/c20-15-8-4-5-9-16(15)24-17(10-12-21-24)19-18(25)11-13-23(22-19)14-6-2-1-3-7-14/h1-13H. The maximum absolute atomic E-state index is 14.1. The minimum absolute atomic E-state index is 0.201. The van der Waals surface area contributed by atoms with Crippen LogP contribution in [-0.4, -0.2) is 19.6 Å². The summed E-state index contributed by atoms with van der Waals surface area (Å²) < 4.78 is 17.1. The van der Waals surface area contributed by atoms with Gasteiger partial charge in [-0.1, -0.05) is 30.3 Å². The first-order chi connectivity index (χ1) is 12.2. The van der Waals surface area contributed by atoms with Crippen molar-refractivity contribution in [1.82, 2.24) is 19.6 Å². The van der Waals surface area contributed by atoms with Crippen molar-refractivity contribution in [2.24, 2.45) is 0 Å². The van der Waals surface area contributed by atoms with E-state index in [9.17, 15) is 9.18 Å². The predicted octanol–water partition coefficient (Wildman–Crippen LogP) is 3.22. The Bertz CT molecular complexity index is 1090. The van der Waals surface area contributed by atoms with E-state index < -0.39 is 5.82 Å². The smallest absolute Gasteiger partial charge is 0.209 e. The van der Waals surface area contributed by atoms with Crippen LogP contribution in [0.3, 0.4) is 0 Å². The summed E-state index contributed by atoms with van der Waals surface area (Å²) in [6.45, 7) is 0. The van der Waals surface area contributed by atoms with Gasteiger partial charge in [-0.2, -0.15) is 10.2 Å². The summed E-state index contributed by atoms with van der Waals surface area (Å²) in [5.41, 5.74) is 1.46. The maximum Gasteiger partial charge on any atom is 0.209 e. The van der Waals surface area contributed by atoms with Crippen molar-refractivity contribution in [3.8, 4) is 22.8 Å². The van der Waals surface area contributed by atoms with E-state index in [2.05, 4.69) is 10.2 Å². The molecule has 0 atom stereocenters. The number of aromatic nitrogens is 4. The molecule has 2 aromatic heterocycles. The SMILES string of the molecule is O=c1ccn(-c2ccccc2)nc1-c1ccnn1-c1ccccc1F. The number of para-hydroxylation sites is 2. The summed E-state index contributed by atoms with van der Waals surface area (Å²) in [5, 5.41) is 8.58. The van der Waals surface area contributed by atoms with Crippen LogP contribution in [0.4, 0.5) is 4.39 Å². The van der Waals surface area contributed by atoms with Gasteiger partial charge in [0.25, 0.3) is 0 Å². The Morgan fingerprint density at radius 2 is 1.64 bits per heavy atom. The molecule has 5 nitrogen and oxygen atoms in total. The minimum Gasteiger partial charge on any atom is -0.287 e. The van der Waals surface area contributed by atoms with E-state index in [1.165, 1.54) is 23.0 Å². The second-order valence-electron chi connectivity index (χ2n) is 5.39. The van der Waals surface area contributed by atoms with Crippen LogP contribution in [0.1, 0.15) is 0 Å². The van der Waals surface area contributed by atoms with Gasteiger partial charge in [0, 0.05) is 12.3 Å². The van der Waals surface area contributed by atoms with Crippen LogP contribution < -0.4 is 5.43 Å². The molecule has 0 saturated heterocycles. The van der Waals surface area contributed by atoms with Crippen molar-refractivity contribution in [3.05, 3.63) is 95.2 Å². The summed E-state index contributed by atoms with van der Waals surface area (Å²) in [6.07, 6.45) is 3.12. The quantitative estimate of drug-likeness (QED) is 0.579. The molecule has 2 aromatic carbocycles. The molecule has 0 bridgehead atoms. The van der Waals surface area contributed by atoms with Crippen LogP contribution in [-0.2, 0) is 0 Å². The molecule has 6 heteroatoms. The molecule has 122 valence electrons. The fourth-order valence-electron chi connectivity index (χ4n) is 2.61. The fraction of sp³-hybridized carbons (Fsp3) is 0. The molecule has 4 rings (SSSR count). The molecular formula is C19H13FN4O. The second kappa shape index (κ2) is 6.16. The van der Waals surface area contributed by atoms with Gasteiger partial charge in [-0.15, -0.1) is 0 Å². The van der Waals surface area contributed by atoms with E-state index in [1.54, 1.807) is 35.1 Å². The van der Waals surface area contributed by atoms with Crippen molar-refractivity contribution in [3.63, 3.8) is 0 Å². The normalized spacial score (nSPS) is 10.8. The highest BCUT2D eigenvalue weighted by Crippen LogP contribution is 2.20. The zero-order valence-corrected chi connectivity index (χ0v) is 13.1. The molecule has 0 spiro atoms. The Morgan fingerprint density at radius 1 is 0.880 bits per heavy atom. The predicted molar refractivity (Wildman–Crippen MR) is 92.4 cm³/mol. The number of halogens is 1. The zero-order chi connectivity index (χ0) is 17.2. The fourth-order valence-corrected chi connectivity index (χ4v) is 2.61. The van der Waals surface area contributed by atoms with Crippen molar-refractivity contribution >= 4 is 0 Å². The molecule has 0 unspecified atom stereocenters. The first-order valence-corrected chi connectivity index (χ1v) is 7.69. The maximum atomic E-state index is 14.1. The van der Waals surface area contributed by atoms with Crippen molar-refractivity contribution < 1.29 is 4.39 Å². The topological polar surface area (TPSA) is 52.7 Å². The lowest BCUT2D eigenvalue weighted by atomic mass is 10.2. The van der Waals surface area contributed by atoms with Gasteiger partial charge in [-0.25, -0.2) is 13.8 Å². The molecule has 0 radical (unpaired) electrons. The van der Waals surface area contributed by atoms with E-state index in [0.29, 0.717) is 5.69 Å². The summed E-state index contributed by atoms with van der Waals surface area (Å²) in [7, 11) is 0. The third-order valence-corrected chi connectivity index (χ3v) is 3.79. The van der Waals surface area contributed by atoms with Crippen LogP contribution >= 0.6 is 0 Å². The summed E-state index contributed by atoms with van der Waals surface area (Å²) >= 11 is 0. The highest BCUT2D eigenvalue weighted by molar-refractivity contribution is 5.57. The monoisotopic (exact) mass is 332 g/mol. The number of benzene rings is 2. The third kappa shape index (κ3) is 2.74. The lowest BCUT2D eigenvalue weighted by Crippen LogP contribution is -2.15. The highest BCUT2D eigenvalue weighted by Gasteiger charge is 2.15. The zero-order valence-electron chi connectivity index (χ0n) is 13.1. The summed E-state index contributed by atoms with van der Waals surface area (Å²) in [6, 6.07) is 18.8. The van der Waals surface area contributed by atoms with Crippen molar-refractivity contribution in [1.29, 1.82) is 0 Å². The average molecular weight is 332 g/mol. The van der Waals surface area contributed by atoms with Crippen LogP contribution in [0.5, 0.6) is 0 Å². The molecule has 0 saturated carbocycles. The van der Waals surface area contributed by atoms with Gasteiger partial charge in [0.15, 0.2) is 5.69 Å². The molecule has 0 fully saturated rings. The van der Waals surface area contributed by atoms with E-state index in [1.807, 2.05) is 30.3 Å².